The summed E-state index contributed by atoms with van der Waals surface area (Å²) in [4.78, 5) is 6.48. The van der Waals surface area contributed by atoms with Crippen LogP contribution in [0.4, 0.5) is 0 Å². The van der Waals surface area contributed by atoms with Gasteiger partial charge < -0.3 is 10.6 Å². The van der Waals surface area contributed by atoms with Crippen molar-refractivity contribution >= 4 is 22.2 Å². The molecule has 0 spiro atoms. The summed E-state index contributed by atoms with van der Waals surface area (Å²) in [5.41, 5.74) is 12.3. The van der Waals surface area contributed by atoms with Gasteiger partial charge in [-0.2, -0.15) is 10.5 Å². The lowest BCUT2D eigenvalue weighted by atomic mass is 10.1. The fraction of sp³-hybridized carbons (Fsp3) is 0.190. The quantitative estimate of drug-likeness (QED) is 0.210. The number of nitrogens with zero attached hydrogens (tertiary/aromatic N) is 3. The number of aromatic nitrogens is 1. The molecule has 2 aromatic rings. The Balaban J connectivity index is 1.74. The summed E-state index contributed by atoms with van der Waals surface area (Å²) in [6.07, 6.45) is 6.66. The smallest absolute Gasteiger partial charge is 0.152 e. The molecule has 6 nitrogen and oxygen atoms in total. The summed E-state index contributed by atoms with van der Waals surface area (Å²) >= 11 is 0. The molecule has 28 heavy (non-hydrogen) atoms. The molecule has 1 aromatic heterocycles. The van der Waals surface area contributed by atoms with Crippen molar-refractivity contribution in [1.82, 2.24) is 15.4 Å². The summed E-state index contributed by atoms with van der Waals surface area (Å²) in [5, 5.41) is 6.01. The molecule has 3 rings (SSSR count). The van der Waals surface area contributed by atoms with Crippen molar-refractivity contribution in [3.63, 3.8) is 0 Å². The molecule has 0 radical (unpaired) electrons. The van der Waals surface area contributed by atoms with E-state index in [1.807, 2.05) is 48.8 Å². The van der Waals surface area contributed by atoms with Gasteiger partial charge in [-0.15, -0.1) is 5.10 Å². The van der Waals surface area contributed by atoms with E-state index in [-0.39, 0.29) is 10.5 Å². The van der Waals surface area contributed by atoms with E-state index < -0.39 is 0 Å². The maximum absolute atomic E-state index is 5.85. The molecule has 0 amide bonds. The van der Waals surface area contributed by atoms with Crippen LogP contribution in [0.25, 0.3) is 0 Å². The van der Waals surface area contributed by atoms with Crippen LogP contribution in [0.5, 0.6) is 0 Å². The van der Waals surface area contributed by atoms with Crippen molar-refractivity contribution in [2.24, 2.45) is 16.7 Å². The van der Waals surface area contributed by atoms with Crippen LogP contribution in [0.3, 0.4) is 0 Å². The fourth-order valence-corrected chi connectivity index (χ4v) is 4.38. The zero-order chi connectivity index (χ0) is 19.9. The van der Waals surface area contributed by atoms with Gasteiger partial charge in [-0.3, -0.25) is 4.98 Å². The second-order valence-electron chi connectivity index (χ2n) is 6.65. The highest BCUT2D eigenvalue weighted by atomic mass is 32.2. The molecule has 1 aliphatic rings. The number of hydrogen-bond acceptors (Lipinski definition) is 5. The van der Waals surface area contributed by atoms with Gasteiger partial charge in [-0.05, 0) is 28.7 Å². The molecule has 2 heterocycles. The molecule has 2 unspecified atom stereocenters. The molecule has 2 atom stereocenters. The van der Waals surface area contributed by atoms with E-state index in [0.717, 1.165) is 35.5 Å². The van der Waals surface area contributed by atoms with E-state index in [9.17, 15) is 0 Å². The zero-order valence-corrected chi connectivity index (χ0v) is 16.6. The monoisotopic (exact) mass is 394 g/mol. The molecular weight excluding hydrogens is 368 g/mol. The fourth-order valence-electron chi connectivity index (χ4n) is 3.14. The highest BCUT2D eigenvalue weighted by Crippen LogP contribution is 2.29. The van der Waals surface area contributed by atoms with E-state index in [0.29, 0.717) is 11.9 Å². The second kappa shape index (κ2) is 9.34. The molecule has 5 N–H and O–H groups in total. The van der Waals surface area contributed by atoms with Crippen LogP contribution in [0.1, 0.15) is 16.7 Å². The average Bonchev–Trinajstić information content (AvgIpc) is 3.13. The Morgan fingerprint density at radius 1 is 1.21 bits per heavy atom. The van der Waals surface area contributed by atoms with Crippen LogP contribution in [0, 0.1) is 0 Å². The van der Waals surface area contributed by atoms with Crippen LogP contribution in [0.2, 0.25) is 0 Å². The second-order valence-corrected chi connectivity index (χ2v) is 8.33. The number of amidine groups is 1. The van der Waals surface area contributed by atoms with Crippen LogP contribution in [-0.4, -0.2) is 33.4 Å². The average molecular weight is 395 g/mol. The van der Waals surface area contributed by atoms with Crippen molar-refractivity contribution in [1.29, 1.82) is 0 Å². The number of allylic oxidation sites excluding steroid dienone is 1. The third kappa shape index (κ3) is 5.09. The lowest BCUT2D eigenvalue weighted by Crippen LogP contribution is -2.34. The summed E-state index contributed by atoms with van der Waals surface area (Å²) in [6, 6.07) is 12.4. The predicted molar refractivity (Wildman–Crippen MR) is 120 cm³/mol. The van der Waals surface area contributed by atoms with Crippen LogP contribution in [-0.2, 0) is 13.0 Å². The minimum atomic E-state index is 0.0761. The number of hydrazine groups is 1. The van der Waals surface area contributed by atoms with Gasteiger partial charge >= 0.3 is 0 Å². The number of pyridine rings is 1. The number of nitrogens with two attached hydrogens (primary N) is 2. The third-order valence-electron chi connectivity index (χ3n) is 4.63. The van der Waals surface area contributed by atoms with Crippen molar-refractivity contribution in [2.45, 2.75) is 19.0 Å². The third-order valence-corrected chi connectivity index (χ3v) is 5.94. The Morgan fingerprint density at radius 3 is 2.54 bits per heavy atom. The van der Waals surface area contributed by atoms with Crippen LogP contribution >= 0.6 is 10.5 Å². The van der Waals surface area contributed by atoms with E-state index in [2.05, 4.69) is 44.5 Å². The molecule has 0 bridgehead atoms. The topological polar surface area (TPSA) is 92.6 Å². The Hall–Kier alpha value is -2.90. The van der Waals surface area contributed by atoms with Crippen LogP contribution in [0.15, 0.2) is 77.7 Å². The number of nitrogens with one attached hydrogen (secondary N) is 1. The van der Waals surface area contributed by atoms with Gasteiger partial charge in [0.15, 0.2) is 5.84 Å². The standard InChI is InChI=1S/C21H26N6S/c1-16(13-17-3-5-19(6-4-17)21(22)25-26-23)27(20-9-12-28(2)15-20)14-18-7-10-24-11-8-18/h3-12,20,26H,1-2,13-15,23H2,(H2,22,25). The van der Waals surface area contributed by atoms with Gasteiger partial charge in [0, 0.05) is 42.4 Å². The normalized spacial score (nSPS) is 18.8. The highest BCUT2D eigenvalue weighted by molar-refractivity contribution is 8.16. The first-order chi connectivity index (χ1) is 13.6. The predicted octanol–water partition coefficient (Wildman–Crippen LogP) is 2.32. The Kier molecular flexibility index (Phi) is 6.62. The number of hydrogen-bond donors (Lipinski definition) is 3. The van der Waals surface area contributed by atoms with E-state index >= 15 is 0 Å². The lowest BCUT2D eigenvalue weighted by molar-refractivity contribution is 0.299. The lowest BCUT2D eigenvalue weighted by Gasteiger charge is -2.32. The highest BCUT2D eigenvalue weighted by Gasteiger charge is 2.21. The Morgan fingerprint density at radius 2 is 1.93 bits per heavy atom. The maximum atomic E-state index is 5.85. The molecule has 0 saturated heterocycles. The summed E-state index contributed by atoms with van der Waals surface area (Å²) in [5.74, 6) is 10.8. The zero-order valence-electron chi connectivity index (χ0n) is 15.8. The van der Waals surface area contributed by atoms with E-state index in [4.69, 9.17) is 11.6 Å². The Bertz CT molecular complexity index is 889. The first kappa shape index (κ1) is 19.9. The number of rotatable bonds is 8. The van der Waals surface area contributed by atoms with Crippen molar-refractivity contribution in [2.75, 3.05) is 5.75 Å². The first-order valence-corrected chi connectivity index (χ1v) is 10.6. The summed E-state index contributed by atoms with van der Waals surface area (Å²) in [7, 11) is 0.0761. The van der Waals surface area contributed by atoms with Crippen molar-refractivity contribution in [3.05, 3.63) is 89.2 Å². The number of benzene rings is 1. The molecule has 7 heteroatoms. The van der Waals surface area contributed by atoms with Gasteiger partial charge in [0.1, 0.15) is 0 Å². The van der Waals surface area contributed by atoms with Gasteiger partial charge in [0.2, 0.25) is 0 Å². The van der Waals surface area contributed by atoms with Crippen molar-refractivity contribution in [3.8, 4) is 0 Å². The molecule has 146 valence electrons. The van der Waals surface area contributed by atoms with Gasteiger partial charge in [0.25, 0.3) is 0 Å². The maximum Gasteiger partial charge on any atom is 0.152 e. The van der Waals surface area contributed by atoms with Gasteiger partial charge in [-0.1, -0.05) is 42.8 Å². The summed E-state index contributed by atoms with van der Waals surface area (Å²) in [6.45, 7) is 5.19. The summed E-state index contributed by atoms with van der Waals surface area (Å²) < 4.78 is 0. The molecule has 1 aromatic carbocycles. The minimum Gasteiger partial charge on any atom is -0.382 e. The van der Waals surface area contributed by atoms with Gasteiger partial charge in [0.05, 0.1) is 6.04 Å². The van der Waals surface area contributed by atoms with E-state index in [1.54, 1.807) is 0 Å². The first-order valence-electron chi connectivity index (χ1n) is 8.96. The molecule has 0 aliphatic carbocycles. The molecule has 1 aliphatic heterocycles. The van der Waals surface area contributed by atoms with Crippen molar-refractivity contribution < 1.29 is 0 Å². The van der Waals surface area contributed by atoms with Gasteiger partial charge in [-0.25, -0.2) is 11.4 Å². The minimum absolute atomic E-state index is 0.0761. The van der Waals surface area contributed by atoms with Crippen LogP contribution < -0.4 is 17.1 Å². The number of hydrazone groups is 1. The Labute approximate surface area is 168 Å². The molecule has 0 fully saturated rings. The largest absolute Gasteiger partial charge is 0.382 e. The SMILES string of the molecule is C=C(Cc1ccc(/C(N)=N/NN)cc1)N(Cc1ccncc1)C1C=CS(=C)C1. The molecule has 0 saturated carbocycles. The van der Waals surface area contributed by atoms with E-state index in [1.165, 1.54) is 5.56 Å². The molecular formula is C21H26N6S.